The summed E-state index contributed by atoms with van der Waals surface area (Å²) in [5, 5.41) is 4.91. The number of hydrogen-bond donors (Lipinski definition) is 0. The molecule has 0 saturated carbocycles. The van der Waals surface area contributed by atoms with E-state index in [4.69, 9.17) is 15.0 Å². The Balaban J connectivity index is 1.04. The van der Waals surface area contributed by atoms with Crippen molar-refractivity contribution in [2.45, 2.75) is 12.3 Å². The summed E-state index contributed by atoms with van der Waals surface area (Å²) in [5.41, 5.74) is 11.2. The SMILES string of the molecule is C1=CCC(c2nc(-c3ccccc3)nc(-c3cccc(-n4c5ccccc5c5cc(-c6ccc7c(c6)c6ccccc6n7-c6ccccc6)ccc54)c3)n2)C=C1. The van der Waals surface area contributed by atoms with Crippen molar-refractivity contribution in [2.24, 2.45) is 0 Å². The van der Waals surface area contributed by atoms with Gasteiger partial charge in [-0.2, -0.15) is 0 Å². The topological polar surface area (TPSA) is 48.5 Å². The van der Waals surface area contributed by atoms with Crippen LogP contribution >= 0.6 is 0 Å². The van der Waals surface area contributed by atoms with Gasteiger partial charge in [0.25, 0.3) is 0 Å². The standard InChI is InChI=1S/C51H35N5/c1-4-15-34(16-5-1)49-52-50(35-17-6-2-7-18-35)54-51(53-49)38-19-14-22-40(31-38)56-46-26-13-11-24-42(46)44-33-37(28-30-48(44)56)36-27-29-47-43(32-36)41-23-10-12-25-45(41)55(47)39-20-8-3-9-21-39/h1-17,19-33,35H,18H2. The van der Waals surface area contributed by atoms with Gasteiger partial charge in [0, 0.05) is 50.0 Å². The molecule has 7 aromatic carbocycles. The molecule has 0 N–H and O–H groups in total. The van der Waals surface area contributed by atoms with Gasteiger partial charge in [0.2, 0.25) is 0 Å². The monoisotopic (exact) mass is 717 g/mol. The summed E-state index contributed by atoms with van der Waals surface area (Å²) in [5.74, 6) is 2.24. The summed E-state index contributed by atoms with van der Waals surface area (Å²) < 4.78 is 4.73. The number of aromatic nitrogens is 5. The molecule has 5 nitrogen and oxygen atoms in total. The lowest BCUT2D eigenvalue weighted by Crippen LogP contribution is -2.08. The van der Waals surface area contributed by atoms with Gasteiger partial charge in [0.1, 0.15) is 5.82 Å². The van der Waals surface area contributed by atoms with E-state index in [1.165, 1.54) is 43.7 Å². The molecule has 11 rings (SSSR count). The van der Waals surface area contributed by atoms with E-state index in [-0.39, 0.29) is 5.92 Å². The Hall–Kier alpha value is -7.37. The Labute approximate surface area is 324 Å². The highest BCUT2D eigenvalue weighted by molar-refractivity contribution is 6.12. The molecular formula is C51H35N5. The molecule has 1 aliphatic rings. The second-order valence-corrected chi connectivity index (χ2v) is 14.4. The fourth-order valence-electron chi connectivity index (χ4n) is 8.40. The number of nitrogens with zero attached hydrogens (tertiary/aromatic N) is 5. The van der Waals surface area contributed by atoms with Gasteiger partial charge in [-0.25, -0.2) is 15.0 Å². The predicted octanol–water partition coefficient (Wildman–Crippen LogP) is 12.7. The molecule has 3 heterocycles. The normalized spacial score (nSPS) is 14.0. The Morgan fingerprint density at radius 2 is 0.929 bits per heavy atom. The first-order valence-electron chi connectivity index (χ1n) is 19.1. The van der Waals surface area contributed by atoms with Gasteiger partial charge in [-0.1, -0.05) is 133 Å². The van der Waals surface area contributed by atoms with E-state index in [0.717, 1.165) is 45.8 Å². The number of para-hydroxylation sites is 3. The van der Waals surface area contributed by atoms with Gasteiger partial charge in [-0.05, 0) is 78.2 Å². The lowest BCUT2D eigenvalue weighted by molar-refractivity contribution is 0.764. The van der Waals surface area contributed by atoms with Crippen LogP contribution in [0.4, 0.5) is 0 Å². The molecule has 0 amide bonds. The highest BCUT2D eigenvalue weighted by Crippen LogP contribution is 2.39. The quantitative estimate of drug-likeness (QED) is 0.172. The van der Waals surface area contributed by atoms with Crippen LogP contribution in [-0.2, 0) is 0 Å². The molecule has 0 saturated heterocycles. The van der Waals surface area contributed by atoms with Crippen molar-refractivity contribution in [1.82, 2.24) is 24.1 Å². The number of allylic oxidation sites excluding steroid dienone is 4. The zero-order valence-electron chi connectivity index (χ0n) is 30.5. The number of fused-ring (bicyclic) bond motifs is 6. The van der Waals surface area contributed by atoms with Crippen molar-refractivity contribution in [2.75, 3.05) is 0 Å². The summed E-state index contributed by atoms with van der Waals surface area (Å²) in [4.78, 5) is 15.1. The van der Waals surface area contributed by atoms with Crippen LogP contribution in [0.15, 0.2) is 194 Å². The maximum absolute atomic E-state index is 5.09. The Kier molecular flexibility index (Phi) is 7.56. The van der Waals surface area contributed by atoms with E-state index < -0.39 is 0 Å². The summed E-state index contributed by atoms with van der Waals surface area (Å²) >= 11 is 0. The molecule has 0 aliphatic heterocycles. The summed E-state index contributed by atoms with van der Waals surface area (Å²) in [6, 6.07) is 60.6. The molecule has 1 atom stereocenters. The van der Waals surface area contributed by atoms with Crippen molar-refractivity contribution in [3.05, 3.63) is 200 Å². The number of benzene rings is 7. The van der Waals surface area contributed by atoms with E-state index in [1.807, 2.05) is 18.2 Å². The van der Waals surface area contributed by atoms with Crippen LogP contribution in [0.3, 0.4) is 0 Å². The lowest BCUT2D eigenvalue weighted by atomic mass is 10.00. The summed E-state index contributed by atoms with van der Waals surface area (Å²) in [6.07, 6.45) is 9.38. The van der Waals surface area contributed by atoms with E-state index in [1.54, 1.807) is 0 Å². The van der Waals surface area contributed by atoms with Crippen molar-refractivity contribution < 1.29 is 0 Å². The van der Waals surface area contributed by atoms with Crippen molar-refractivity contribution >= 4 is 43.6 Å². The third-order valence-corrected chi connectivity index (χ3v) is 11.1. The first-order valence-corrected chi connectivity index (χ1v) is 19.1. The Morgan fingerprint density at radius 3 is 1.57 bits per heavy atom. The maximum atomic E-state index is 5.09. The summed E-state index contributed by atoms with van der Waals surface area (Å²) in [7, 11) is 0. The lowest BCUT2D eigenvalue weighted by Gasteiger charge is -2.15. The van der Waals surface area contributed by atoms with Crippen molar-refractivity contribution in [1.29, 1.82) is 0 Å². The first kappa shape index (κ1) is 32.1. The minimum absolute atomic E-state index is 0.0992. The second kappa shape index (κ2) is 13.2. The van der Waals surface area contributed by atoms with Crippen LogP contribution in [0.25, 0.3) is 88.9 Å². The Bertz CT molecular complexity index is 3170. The van der Waals surface area contributed by atoms with Gasteiger partial charge in [0.05, 0.1) is 22.1 Å². The van der Waals surface area contributed by atoms with Gasteiger partial charge in [-0.15, -0.1) is 0 Å². The summed E-state index contributed by atoms with van der Waals surface area (Å²) in [6.45, 7) is 0. The van der Waals surface area contributed by atoms with Crippen LogP contribution in [0.5, 0.6) is 0 Å². The maximum Gasteiger partial charge on any atom is 0.163 e. The molecule has 0 bridgehead atoms. The first-order chi connectivity index (χ1) is 27.8. The molecule has 0 radical (unpaired) electrons. The molecule has 56 heavy (non-hydrogen) atoms. The highest BCUT2D eigenvalue weighted by atomic mass is 15.0. The van der Waals surface area contributed by atoms with Crippen LogP contribution < -0.4 is 0 Å². The zero-order chi connectivity index (χ0) is 37.0. The second-order valence-electron chi connectivity index (χ2n) is 14.4. The fourth-order valence-corrected chi connectivity index (χ4v) is 8.40. The van der Waals surface area contributed by atoms with Crippen LogP contribution in [-0.4, -0.2) is 24.1 Å². The smallest absolute Gasteiger partial charge is 0.163 e. The van der Waals surface area contributed by atoms with Gasteiger partial charge in [-0.3, -0.25) is 0 Å². The van der Waals surface area contributed by atoms with E-state index in [2.05, 4.69) is 185 Å². The van der Waals surface area contributed by atoms with Crippen LogP contribution in [0.2, 0.25) is 0 Å². The number of rotatable bonds is 6. The molecule has 10 aromatic rings. The van der Waals surface area contributed by atoms with E-state index in [0.29, 0.717) is 11.6 Å². The van der Waals surface area contributed by atoms with Gasteiger partial charge in [0.15, 0.2) is 11.6 Å². The third-order valence-electron chi connectivity index (χ3n) is 11.1. The average Bonchev–Trinajstić information content (AvgIpc) is 3.79. The minimum Gasteiger partial charge on any atom is -0.309 e. The molecule has 1 unspecified atom stereocenters. The highest BCUT2D eigenvalue weighted by Gasteiger charge is 2.19. The van der Waals surface area contributed by atoms with Crippen LogP contribution in [0, 0.1) is 0 Å². The molecule has 1 aliphatic carbocycles. The fraction of sp³-hybridized carbons (Fsp3) is 0.0392. The van der Waals surface area contributed by atoms with E-state index >= 15 is 0 Å². The van der Waals surface area contributed by atoms with Gasteiger partial charge >= 0.3 is 0 Å². The predicted molar refractivity (Wildman–Crippen MR) is 230 cm³/mol. The molecule has 0 fully saturated rings. The zero-order valence-corrected chi connectivity index (χ0v) is 30.5. The van der Waals surface area contributed by atoms with Gasteiger partial charge < -0.3 is 9.13 Å². The van der Waals surface area contributed by atoms with Crippen molar-refractivity contribution in [3.8, 4) is 45.3 Å². The molecule has 5 heteroatoms. The molecular weight excluding hydrogens is 683 g/mol. The minimum atomic E-state index is 0.0992. The van der Waals surface area contributed by atoms with Crippen molar-refractivity contribution in [3.63, 3.8) is 0 Å². The van der Waals surface area contributed by atoms with Crippen LogP contribution in [0.1, 0.15) is 18.2 Å². The molecule has 0 spiro atoms. The van der Waals surface area contributed by atoms with E-state index in [9.17, 15) is 0 Å². The largest absolute Gasteiger partial charge is 0.309 e. The number of hydrogen-bond acceptors (Lipinski definition) is 3. The average molecular weight is 718 g/mol. The third kappa shape index (κ3) is 5.36. The molecule has 3 aromatic heterocycles. The molecule has 264 valence electrons. The Morgan fingerprint density at radius 1 is 0.393 bits per heavy atom.